The van der Waals surface area contributed by atoms with E-state index >= 15 is 0 Å². The van der Waals surface area contributed by atoms with Crippen LogP contribution in [0.15, 0.2) is 0 Å². The second-order valence-electron chi connectivity index (χ2n) is 7.37. The number of ether oxygens (including phenoxy) is 1. The summed E-state index contributed by atoms with van der Waals surface area (Å²) < 4.78 is 5.91. The van der Waals surface area contributed by atoms with E-state index in [0.29, 0.717) is 24.7 Å². The van der Waals surface area contributed by atoms with Crippen molar-refractivity contribution in [2.24, 2.45) is 22.7 Å². The second-order valence-corrected chi connectivity index (χ2v) is 7.37. The average molecular weight is 252 g/mol. The van der Waals surface area contributed by atoms with Crippen LogP contribution in [0.1, 0.15) is 47.5 Å². The van der Waals surface area contributed by atoms with Gasteiger partial charge in [-0.1, -0.05) is 34.6 Å². The first-order valence-corrected chi connectivity index (χ1v) is 6.82. The predicted octanol–water partition coefficient (Wildman–Crippen LogP) is 2.62. The Hall–Kier alpha value is -0.700. The van der Waals surface area contributed by atoms with E-state index < -0.39 is 0 Å². The molecule has 4 unspecified atom stereocenters. The molecule has 4 atom stereocenters. The third-order valence-corrected chi connectivity index (χ3v) is 4.70. The van der Waals surface area contributed by atoms with Crippen LogP contribution in [0.5, 0.6) is 0 Å². The quantitative estimate of drug-likeness (QED) is 0.722. The number of hydrogen-bond acceptors (Lipinski definition) is 3. The van der Waals surface area contributed by atoms with Crippen LogP contribution < -0.4 is 0 Å². The van der Waals surface area contributed by atoms with Gasteiger partial charge in [0.1, 0.15) is 12.1 Å². The van der Waals surface area contributed by atoms with Crippen molar-refractivity contribution >= 4 is 12.1 Å². The molecule has 2 rings (SSSR count). The van der Waals surface area contributed by atoms with E-state index in [1.165, 1.54) is 0 Å². The van der Waals surface area contributed by atoms with Gasteiger partial charge >= 0.3 is 0 Å². The Morgan fingerprint density at radius 1 is 1.22 bits per heavy atom. The predicted molar refractivity (Wildman–Crippen MR) is 69.2 cm³/mol. The van der Waals surface area contributed by atoms with Gasteiger partial charge in [-0.25, -0.2) is 0 Å². The Labute approximate surface area is 109 Å². The average Bonchev–Trinajstić information content (AvgIpc) is 2.60. The third kappa shape index (κ3) is 2.13. The van der Waals surface area contributed by atoms with E-state index in [0.717, 1.165) is 6.29 Å². The summed E-state index contributed by atoms with van der Waals surface area (Å²) in [6.45, 7) is 10.3. The Bertz CT molecular complexity index is 364. The Morgan fingerprint density at radius 2 is 1.78 bits per heavy atom. The summed E-state index contributed by atoms with van der Waals surface area (Å²) in [6.07, 6.45) is 1.93. The van der Waals surface area contributed by atoms with E-state index in [9.17, 15) is 9.59 Å². The van der Waals surface area contributed by atoms with Gasteiger partial charge in [-0.05, 0) is 17.3 Å². The fourth-order valence-corrected chi connectivity index (χ4v) is 3.49. The van der Waals surface area contributed by atoms with Crippen molar-refractivity contribution < 1.29 is 14.3 Å². The molecule has 1 aliphatic heterocycles. The number of ketones is 1. The molecule has 0 aromatic heterocycles. The minimum Gasteiger partial charge on any atom is -0.373 e. The fraction of sp³-hybridized carbons (Fsp3) is 0.867. The first kappa shape index (κ1) is 13.7. The van der Waals surface area contributed by atoms with Gasteiger partial charge in [0.05, 0.1) is 12.2 Å². The lowest BCUT2D eigenvalue weighted by Gasteiger charge is -2.25. The van der Waals surface area contributed by atoms with Crippen LogP contribution in [0.2, 0.25) is 0 Å². The van der Waals surface area contributed by atoms with Crippen molar-refractivity contribution in [2.75, 3.05) is 0 Å². The summed E-state index contributed by atoms with van der Waals surface area (Å²) in [6, 6.07) is 0. The maximum absolute atomic E-state index is 12.1. The van der Waals surface area contributed by atoms with Crippen molar-refractivity contribution in [2.45, 2.75) is 59.7 Å². The molecule has 0 aromatic rings. The molecular formula is C15H24O3. The molecule has 0 aromatic carbocycles. The van der Waals surface area contributed by atoms with Gasteiger partial charge in [-0.3, -0.25) is 4.79 Å². The fourth-order valence-electron chi connectivity index (χ4n) is 3.49. The minimum absolute atomic E-state index is 0.0154. The van der Waals surface area contributed by atoms with Gasteiger partial charge in [0, 0.05) is 18.3 Å². The zero-order valence-electron chi connectivity index (χ0n) is 12.0. The number of carbonyl (C=O) groups is 2. The molecule has 1 saturated carbocycles. The van der Waals surface area contributed by atoms with Crippen LogP contribution in [0, 0.1) is 22.7 Å². The smallest absolute Gasteiger partial charge is 0.140 e. The molecular weight excluding hydrogens is 228 g/mol. The van der Waals surface area contributed by atoms with Crippen LogP contribution in [-0.2, 0) is 14.3 Å². The molecule has 2 aliphatic rings. The molecule has 1 saturated heterocycles. The highest BCUT2D eigenvalue weighted by molar-refractivity contribution is 5.84. The highest BCUT2D eigenvalue weighted by atomic mass is 16.5. The summed E-state index contributed by atoms with van der Waals surface area (Å²) >= 11 is 0. The lowest BCUT2D eigenvalue weighted by Crippen LogP contribution is -2.30. The normalized spacial score (nSPS) is 37.2. The van der Waals surface area contributed by atoms with Crippen LogP contribution in [0.3, 0.4) is 0 Å². The third-order valence-electron chi connectivity index (χ3n) is 4.70. The highest BCUT2D eigenvalue weighted by Crippen LogP contribution is 2.67. The molecule has 0 N–H and O–H groups in total. The second kappa shape index (κ2) is 4.16. The zero-order chi connectivity index (χ0) is 13.7. The Morgan fingerprint density at radius 3 is 2.28 bits per heavy atom. The van der Waals surface area contributed by atoms with Crippen molar-refractivity contribution in [1.82, 2.24) is 0 Å². The van der Waals surface area contributed by atoms with E-state index in [1.54, 1.807) is 0 Å². The Kier molecular flexibility index (Phi) is 3.17. The van der Waals surface area contributed by atoms with E-state index in [1.807, 2.05) is 20.8 Å². The van der Waals surface area contributed by atoms with Gasteiger partial charge in [0.2, 0.25) is 0 Å². The van der Waals surface area contributed by atoms with Crippen LogP contribution in [0.4, 0.5) is 0 Å². The van der Waals surface area contributed by atoms with Gasteiger partial charge in [0.25, 0.3) is 0 Å². The highest BCUT2D eigenvalue weighted by Gasteiger charge is 2.69. The number of hydrogen-bond donors (Lipinski definition) is 0. The minimum atomic E-state index is -0.305. The zero-order valence-corrected chi connectivity index (χ0v) is 12.0. The molecule has 18 heavy (non-hydrogen) atoms. The lowest BCUT2D eigenvalue weighted by atomic mass is 9.86. The molecule has 102 valence electrons. The largest absolute Gasteiger partial charge is 0.373 e. The number of fused-ring (bicyclic) bond motifs is 1. The summed E-state index contributed by atoms with van der Waals surface area (Å²) in [4.78, 5) is 22.8. The molecule has 1 heterocycles. The van der Waals surface area contributed by atoms with Crippen LogP contribution in [-0.4, -0.2) is 24.3 Å². The Balaban J connectivity index is 2.04. The van der Waals surface area contributed by atoms with Gasteiger partial charge in [-0.2, -0.15) is 0 Å². The van der Waals surface area contributed by atoms with Crippen molar-refractivity contribution in [3.8, 4) is 0 Å². The van der Waals surface area contributed by atoms with E-state index in [2.05, 4.69) is 13.8 Å². The summed E-state index contributed by atoms with van der Waals surface area (Å²) in [5, 5.41) is 0. The SMILES string of the molecule is CC(C)(C)C(=O)CC1OC(CC=O)C2C1C2(C)C. The molecule has 1 aliphatic carbocycles. The van der Waals surface area contributed by atoms with Crippen LogP contribution >= 0.6 is 0 Å². The maximum Gasteiger partial charge on any atom is 0.140 e. The topological polar surface area (TPSA) is 43.4 Å². The summed E-state index contributed by atoms with van der Waals surface area (Å²) in [7, 11) is 0. The first-order valence-electron chi connectivity index (χ1n) is 6.82. The number of Topliss-reactive ketones (excluding diaryl/α,β-unsaturated/α-hetero) is 1. The number of aldehydes is 1. The van der Waals surface area contributed by atoms with Crippen molar-refractivity contribution in [3.63, 3.8) is 0 Å². The molecule has 0 spiro atoms. The van der Waals surface area contributed by atoms with Gasteiger partial charge < -0.3 is 9.53 Å². The standard InChI is InChI=1S/C15H24O3/c1-14(2,3)11(17)8-10-13-12(15(13,4)5)9(18-10)6-7-16/h7,9-10,12-13H,6,8H2,1-5H3. The van der Waals surface area contributed by atoms with Crippen molar-refractivity contribution in [1.29, 1.82) is 0 Å². The molecule has 0 radical (unpaired) electrons. The van der Waals surface area contributed by atoms with Gasteiger partial charge in [-0.15, -0.1) is 0 Å². The maximum atomic E-state index is 12.1. The lowest BCUT2D eigenvalue weighted by molar-refractivity contribution is -0.130. The molecule has 3 nitrogen and oxygen atoms in total. The summed E-state index contributed by atoms with van der Waals surface area (Å²) in [5.74, 6) is 1.16. The van der Waals surface area contributed by atoms with E-state index in [-0.39, 0.29) is 28.8 Å². The van der Waals surface area contributed by atoms with Crippen LogP contribution in [0.25, 0.3) is 0 Å². The number of rotatable bonds is 4. The van der Waals surface area contributed by atoms with Gasteiger partial charge in [0.15, 0.2) is 0 Å². The molecule has 0 amide bonds. The first-order chi connectivity index (χ1) is 8.19. The number of carbonyl (C=O) groups excluding carboxylic acids is 2. The molecule has 3 heteroatoms. The van der Waals surface area contributed by atoms with E-state index in [4.69, 9.17) is 4.74 Å². The monoisotopic (exact) mass is 252 g/mol. The molecule has 2 fully saturated rings. The van der Waals surface area contributed by atoms with Crippen molar-refractivity contribution in [3.05, 3.63) is 0 Å². The molecule has 0 bridgehead atoms. The summed E-state index contributed by atoms with van der Waals surface area (Å²) in [5.41, 5.74) is -0.0740.